The predicted octanol–water partition coefficient (Wildman–Crippen LogP) is 3.18. The summed E-state index contributed by atoms with van der Waals surface area (Å²) >= 11 is 0. The summed E-state index contributed by atoms with van der Waals surface area (Å²) in [6.07, 6.45) is 2.42. The molecule has 5 nitrogen and oxygen atoms in total. The average molecular weight is 292 g/mol. The summed E-state index contributed by atoms with van der Waals surface area (Å²) in [5.41, 5.74) is 1.09. The molecule has 1 heterocycles. The van der Waals surface area contributed by atoms with E-state index < -0.39 is 0 Å². The Labute approximate surface area is 127 Å². The normalized spacial score (nSPS) is 16.1. The Morgan fingerprint density at radius 1 is 1.24 bits per heavy atom. The van der Waals surface area contributed by atoms with Crippen LogP contribution in [0.3, 0.4) is 0 Å². The van der Waals surface area contributed by atoms with E-state index in [9.17, 15) is 0 Å². The molecule has 1 fully saturated rings. The molecule has 0 bridgehead atoms. The van der Waals surface area contributed by atoms with Crippen molar-refractivity contribution in [3.63, 3.8) is 0 Å². The molecule has 21 heavy (non-hydrogen) atoms. The lowest BCUT2D eigenvalue weighted by Crippen LogP contribution is -2.31. The molecule has 2 rings (SSSR count). The summed E-state index contributed by atoms with van der Waals surface area (Å²) in [5.74, 6) is 3.89. The van der Waals surface area contributed by atoms with Gasteiger partial charge in [0, 0.05) is 25.1 Å². The third-order valence-electron chi connectivity index (χ3n) is 3.92. The van der Waals surface area contributed by atoms with Crippen molar-refractivity contribution in [3.05, 3.63) is 11.4 Å². The van der Waals surface area contributed by atoms with Crippen molar-refractivity contribution in [3.8, 4) is 0 Å². The molecule has 1 atom stereocenters. The summed E-state index contributed by atoms with van der Waals surface area (Å²) in [4.78, 5) is 9.45. The fourth-order valence-electron chi connectivity index (χ4n) is 2.29. The zero-order chi connectivity index (χ0) is 15.4. The largest absolute Gasteiger partial charge is 0.383 e. The van der Waals surface area contributed by atoms with Crippen LogP contribution in [0, 0.1) is 12.8 Å². The molecule has 0 spiro atoms. The highest BCUT2D eigenvalue weighted by molar-refractivity contribution is 5.58. The zero-order valence-corrected chi connectivity index (χ0v) is 13.9. The van der Waals surface area contributed by atoms with Crippen LogP contribution in [0.25, 0.3) is 0 Å². The molecule has 1 aliphatic carbocycles. The lowest BCUT2D eigenvalue weighted by atomic mass is 10.1. The van der Waals surface area contributed by atoms with E-state index in [1.54, 1.807) is 7.11 Å². The van der Waals surface area contributed by atoms with E-state index in [2.05, 4.69) is 43.3 Å². The highest BCUT2D eigenvalue weighted by atomic mass is 16.5. The van der Waals surface area contributed by atoms with Crippen LogP contribution in [-0.2, 0) is 4.74 Å². The van der Waals surface area contributed by atoms with Crippen molar-refractivity contribution in [2.24, 2.45) is 5.92 Å². The van der Waals surface area contributed by atoms with Gasteiger partial charge in [-0.1, -0.05) is 13.8 Å². The van der Waals surface area contributed by atoms with E-state index in [1.807, 2.05) is 0 Å². The van der Waals surface area contributed by atoms with Crippen LogP contribution in [0.15, 0.2) is 0 Å². The van der Waals surface area contributed by atoms with Gasteiger partial charge in [-0.3, -0.25) is 0 Å². The molecule has 1 aromatic heterocycles. The fourth-order valence-corrected chi connectivity index (χ4v) is 2.29. The topological polar surface area (TPSA) is 59.1 Å². The molecule has 0 aliphatic heterocycles. The van der Waals surface area contributed by atoms with Gasteiger partial charge >= 0.3 is 0 Å². The first-order valence-electron chi connectivity index (χ1n) is 7.94. The van der Waals surface area contributed by atoms with Gasteiger partial charge < -0.3 is 15.4 Å². The maximum Gasteiger partial charge on any atom is 0.136 e. The lowest BCUT2D eigenvalue weighted by molar-refractivity contribution is 0.171. The minimum absolute atomic E-state index is 0.255. The predicted molar refractivity (Wildman–Crippen MR) is 87.0 cm³/mol. The molecule has 118 valence electrons. The van der Waals surface area contributed by atoms with E-state index in [1.165, 1.54) is 12.8 Å². The Bertz CT molecular complexity index is 472. The standard InChI is InChI=1S/C16H28N4O/c1-6-17-14-11(4)15(18-13(9-21-5)10(2)3)20-16(19-14)12-7-8-12/h10,12-13H,6-9H2,1-5H3,(H2,17,18,19,20). The fraction of sp³-hybridized carbons (Fsp3) is 0.750. The number of hydrogen-bond acceptors (Lipinski definition) is 5. The number of rotatable bonds is 8. The molecule has 0 radical (unpaired) electrons. The second-order valence-corrected chi connectivity index (χ2v) is 6.16. The number of nitrogens with zero attached hydrogens (tertiary/aromatic N) is 2. The highest BCUT2D eigenvalue weighted by Gasteiger charge is 2.28. The van der Waals surface area contributed by atoms with Gasteiger partial charge in [-0.2, -0.15) is 0 Å². The van der Waals surface area contributed by atoms with Crippen molar-refractivity contribution in [1.82, 2.24) is 9.97 Å². The SMILES string of the molecule is CCNc1nc(C2CC2)nc(NC(COC)C(C)C)c1C. The van der Waals surface area contributed by atoms with Gasteiger partial charge in [0.05, 0.1) is 12.6 Å². The Balaban J connectivity index is 2.27. The van der Waals surface area contributed by atoms with Crippen LogP contribution in [0.5, 0.6) is 0 Å². The number of ether oxygens (including phenoxy) is 1. The molecule has 1 aromatic rings. The Morgan fingerprint density at radius 2 is 1.90 bits per heavy atom. The molecule has 0 saturated heterocycles. The van der Waals surface area contributed by atoms with Crippen molar-refractivity contribution >= 4 is 11.6 Å². The molecule has 0 amide bonds. The molecule has 2 N–H and O–H groups in total. The molecule has 1 unspecified atom stereocenters. The van der Waals surface area contributed by atoms with Crippen molar-refractivity contribution < 1.29 is 4.74 Å². The number of nitrogens with one attached hydrogen (secondary N) is 2. The first kappa shape index (κ1) is 16.0. The van der Waals surface area contributed by atoms with Crippen LogP contribution < -0.4 is 10.6 Å². The second kappa shape index (κ2) is 7.07. The summed E-state index contributed by atoms with van der Waals surface area (Å²) in [5, 5.41) is 6.90. The maximum absolute atomic E-state index is 5.32. The van der Waals surface area contributed by atoms with E-state index in [-0.39, 0.29) is 6.04 Å². The lowest BCUT2D eigenvalue weighted by Gasteiger charge is -2.24. The minimum atomic E-state index is 0.255. The van der Waals surface area contributed by atoms with Crippen molar-refractivity contribution in [2.75, 3.05) is 30.9 Å². The monoisotopic (exact) mass is 292 g/mol. The van der Waals surface area contributed by atoms with Crippen LogP contribution in [-0.4, -0.2) is 36.3 Å². The average Bonchev–Trinajstić information content (AvgIpc) is 3.26. The van der Waals surface area contributed by atoms with Gasteiger partial charge in [0.15, 0.2) is 0 Å². The number of aromatic nitrogens is 2. The van der Waals surface area contributed by atoms with E-state index in [4.69, 9.17) is 9.72 Å². The number of methoxy groups -OCH3 is 1. The van der Waals surface area contributed by atoms with Gasteiger partial charge in [0.2, 0.25) is 0 Å². The van der Waals surface area contributed by atoms with Gasteiger partial charge in [0.25, 0.3) is 0 Å². The van der Waals surface area contributed by atoms with E-state index in [0.717, 1.165) is 29.6 Å². The van der Waals surface area contributed by atoms with Crippen LogP contribution in [0.2, 0.25) is 0 Å². The van der Waals surface area contributed by atoms with Gasteiger partial charge in [-0.15, -0.1) is 0 Å². The molecular formula is C16H28N4O. The zero-order valence-electron chi connectivity index (χ0n) is 13.9. The number of hydrogen-bond donors (Lipinski definition) is 2. The first-order valence-corrected chi connectivity index (χ1v) is 7.94. The maximum atomic E-state index is 5.32. The molecule has 1 saturated carbocycles. The van der Waals surface area contributed by atoms with Crippen LogP contribution in [0.1, 0.15) is 50.9 Å². The third-order valence-corrected chi connectivity index (χ3v) is 3.92. The van der Waals surface area contributed by atoms with Crippen molar-refractivity contribution in [1.29, 1.82) is 0 Å². The number of anilines is 2. The Hall–Kier alpha value is -1.36. The summed E-state index contributed by atoms with van der Waals surface area (Å²) in [7, 11) is 1.74. The second-order valence-electron chi connectivity index (χ2n) is 6.16. The Kier molecular flexibility index (Phi) is 5.39. The first-order chi connectivity index (χ1) is 10.1. The van der Waals surface area contributed by atoms with E-state index in [0.29, 0.717) is 18.4 Å². The smallest absolute Gasteiger partial charge is 0.136 e. The molecule has 5 heteroatoms. The summed E-state index contributed by atoms with van der Waals surface area (Å²) < 4.78 is 5.32. The highest BCUT2D eigenvalue weighted by Crippen LogP contribution is 2.39. The molecular weight excluding hydrogens is 264 g/mol. The minimum Gasteiger partial charge on any atom is -0.383 e. The van der Waals surface area contributed by atoms with Gasteiger partial charge in [-0.25, -0.2) is 9.97 Å². The molecule has 1 aliphatic rings. The third kappa shape index (κ3) is 4.06. The van der Waals surface area contributed by atoms with Crippen LogP contribution in [0.4, 0.5) is 11.6 Å². The van der Waals surface area contributed by atoms with Crippen molar-refractivity contribution in [2.45, 2.75) is 52.5 Å². The van der Waals surface area contributed by atoms with Gasteiger partial charge in [0.1, 0.15) is 17.5 Å². The van der Waals surface area contributed by atoms with Gasteiger partial charge in [-0.05, 0) is 32.6 Å². The Morgan fingerprint density at radius 3 is 2.43 bits per heavy atom. The van der Waals surface area contributed by atoms with E-state index >= 15 is 0 Å². The summed E-state index contributed by atoms with van der Waals surface area (Å²) in [6.45, 7) is 10.1. The molecule has 0 aromatic carbocycles. The quantitative estimate of drug-likeness (QED) is 0.770. The van der Waals surface area contributed by atoms with Crippen LogP contribution >= 0.6 is 0 Å². The summed E-state index contributed by atoms with van der Waals surface area (Å²) in [6, 6.07) is 0.255.